The number of anilines is 5. The Morgan fingerprint density at radius 2 is 1.50 bits per heavy atom. The summed E-state index contributed by atoms with van der Waals surface area (Å²) in [5.41, 5.74) is 4.14. The van der Waals surface area contributed by atoms with Gasteiger partial charge in [0, 0.05) is 42.2 Å². The number of hydrogen-bond acceptors (Lipinski definition) is 5. The van der Waals surface area contributed by atoms with Gasteiger partial charge in [0.05, 0.1) is 0 Å². The Labute approximate surface area is 159 Å². The van der Waals surface area contributed by atoms with Crippen molar-refractivity contribution in [3.05, 3.63) is 64.9 Å². The molecule has 2 N–H and O–H groups in total. The van der Waals surface area contributed by atoms with Crippen LogP contribution >= 0.6 is 11.6 Å². The molecule has 2 aromatic carbocycles. The minimum absolute atomic E-state index is 0.682. The zero-order valence-electron chi connectivity index (χ0n) is 15.3. The number of benzene rings is 2. The Balaban J connectivity index is 1.82. The zero-order valence-corrected chi connectivity index (χ0v) is 16.1. The maximum Gasteiger partial charge on any atom is 0.136 e. The second kappa shape index (κ2) is 7.62. The van der Waals surface area contributed by atoms with Crippen LogP contribution in [0.5, 0.6) is 0 Å². The van der Waals surface area contributed by atoms with E-state index in [1.165, 1.54) is 0 Å². The summed E-state index contributed by atoms with van der Waals surface area (Å²) in [7, 11) is 4.04. The highest BCUT2D eigenvalue weighted by Gasteiger charge is 2.06. The molecular formula is C20H22ClN5. The van der Waals surface area contributed by atoms with E-state index in [1.807, 2.05) is 64.3 Å². The van der Waals surface area contributed by atoms with Gasteiger partial charge in [-0.2, -0.15) is 0 Å². The predicted molar refractivity (Wildman–Crippen MR) is 110 cm³/mol. The summed E-state index contributed by atoms with van der Waals surface area (Å²) in [5, 5.41) is 7.33. The molecule has 0 fully saturated rings. The largest absolute Gasteiger partial charge is 0.378 e. The van der Waals surface area contributed by atoms with Crippen LogP contribution in [-0.4, -0.2) is 24.1 Å². The monoisotopic (exact) mass is 367 g/mol. The molecule has 3 rings (SSSR count). The lowest BCUT2D eigenvalue weighted by atomic mass is 10.2. The van der Waals surface area contributed by atoms with Gasteiger partial charge < -0.3 is 15.5 Å². The van der Waals surface area contributed by atoms with E-state index in [0.717, 1.165) is 34.3 Å². The third-order valence-electron chi connectivity index (χ3n) is 3.96. The minimum Gasteiger partial charge on any atom is -0.378 e. The second-order valence-electron chi connectivity index (χ2n) is 6.34. The summed E-state index contributed by atoms with van der Waals surface area (Å²) in [5.74, 6) is 2.13. The molecule has 5 nitrogen and oxygen atoms in total. The highest BCUT2D eigenvalue weighted by molar-refractivity contribution is 6.30. The topological polar surface area (TPSA) is 53.1 Å². The van der Waals surface area contributed by atoms with Gasteiger partial charge in [0.15, 0.2) is 0 Å². The number of aromatic nitrogens is 2. The van der Waals surface area contributed by atoms with Crippen LogP contribution in [0.25, 0.3) is 0 Å². The quantitative estimate of drug-likeness (QED) is 0.640. The molecule has 0 aliphatic carbocycles. The summed E-state index contributed by atoms with van der Waals surface area (Å²) in [6, 6.07) is 15.8. The van der Waals surface area contributed by atoms with Gasteiger partial charge in [-0.1, -0.05) is 17.7 Å². The van der Waals surface area contributed by atoms with Gasteiger partial charge in [-0.25, -0.2) is 9.97 Å². The predicted octanol–water partition coefficient (Wildman–Crippen LogP) is 5.30. The molecule has 3 aromatic rings. The molecule has 0 aliphatic heterocycles. The first-order valence-corrected chi connectivity index (χ1v) is 8.72. The van der Waals surface area contributed by atoms with Crippen molar-refractivity contribution < 1.29 is 0 Å². The fourth-order valence-electron chi connectivity index (χ4n) is 2.55. The number of nitrogens with one attached hydrogen (secondary N) is 2. The van der Waals surface area contributed by atoms with E-state index in [2.05, 4.69) is 37.6 Å². The Hall–Kier alpha value is -2.79. The maximum atomic E-state index is 6.10. The average Bonchev–Trinajstić information content (AvgIpc) is 2.58. The molecule has 0 bridgehead atoms. The van der Waals surface area contributed by atoms with Crippen LogP contribution in [-0.2, 0) is 0 Å². The molecule has 0 aliphatic rings. The third kappa shape index (κ3) is 4.43. The highest BCUT2D eigenvalue weighted by Crippen LogP contribution is 2.25. The second-order valence-corrected chi connectivity index (χ2v) is 6.77. The minimum atomic E-state index is 0.682. The Bertz CT molecular complexity index is 907. The first-order chi connectivity index (χ1) is 12.4. The SMILES string of the molecule is Cc1nc(Nc2ccc(N(C)C)cc2)cc(Nc2cc(Cl)ccc2C)n1. The number of hydrogen-bond donors (Lipinski definition) is 2. The van der Waals surface area contributed by atoms with Crippen molar-refractivity contribution in [2.24, 2.45) is 0 Å². The van der Waals surface area contributed by atoms with Crippen molar-refractivity contribution in [3.63, 3.8) is 0 Å². The molecule has 1 aromatic heterocycles. The Kier molecular flexibility index (Phi) is 5.28. The number of aryl methyl sites for hydroxylation is 2. The fraction of sp³-hybridized carbons (Fsp3) is 0.200. The van der Waals surface area contributed by atoms with Crippen molar-refractivity contribution in [2.75, 3.05) is 29.6 Å². The molecule has 134 valence electrons. The first-order valence-electron chi connectivity index (χ1n) is 8.34. The van der Waals surface area contributed by atoms with Crippen molar-refractivity contribution in [1.82, 2.24) is 9.97 Å². The van der Waals surface area contributed by atoms with Gasteiger partial charge >= 0.3 is 0 Å². The van der Waals surface area contributed by atoms with E-state index in [9.17, 15) is 0 Å². The van der Waals surface area contributed by atoms with Crippen LogP contribution in [0.2, 0.25) is 5.02 Å². The highest BCUT2D eigenvalue weighted by atomic mass is 35.5. The summed E-state index contributed by atoms with van der Waals surface area (Å²) in [4.78, 5) is 11.0. The summed E-state index contributed by atoms with van der Waals surface area (Å²) in [6.45, 7) is 3.90. The molecule has 0 radical (unpaired) electrons. The third-order valence-corrected chi connectivity index (χ3v) is 4.19. The van der Waals surface area contributed by atoms with Crippen molar-refractivity contribution in [3.8, 4) is 0 Å². The number of rotatable bonds is 5. The summed E-state index contributed by atoms with van der Waals surface area (Å²) >= 11 is 6.10. The van der Waals surface area contributed by atoms with Crippen LogP contribution in [0, 0.1) is 13.8 Å². The van der Waals surface area contributed by atoms with E-state index >= 15 is 0 Å². The van der Waals surface area contributed by atoms with E-state index in [0.29, 0.717) is 10.8 Å². The zero-order chi connectivity index (χ0) is 18.7. The van der Waals surface area contributed by atoms with Gasteiger partial charge in [-0.15, -0.1) is 0 Å². The average molecular weight is 368 g/mol. The molecule has 1 heterocycles. The molecule has 26 heavy (non-hydrogen) atoms. The fourth-order valence-corrected chi connectivity index (χ4v) is 2.73. The lowest BCUT2D eigenvalue weighted by Gasteiger charge is -2.14. The van der Waals surface area contributed by atoms with Crippen molar-refractivity contribution in [2.45, 2.75) is 13.8 Å². The standard InChI is InChI=1S/C20H22ClN5/c1-13-5-6-15(21)11-18(13)25-20-12-19(22-14(2)23-20)24-16-7-9-17(10-8-16)26(3)4/h5-12H,1-4H3,(H2,22,23,24,25). The first kappa shape index (κ1) is 18.0. The maximum absolute atomic E-state index is 6.10. The molecule has 0 spiro atoms. The molecule has 0 saturated carbocycles. The van der Waals surface area contributed by atoms with Crippen LogP contribution in [0.15, 0.2) is 48.5 Å². The molecule has 0 amide bonds. The van der Waals surface area contributed by atoms with Gasteiger partial charge in [-0.3, -0.25) is 0 Å². The van der Waals surface area contributed by atoms with E-state index in [1.54, 1.807) is 0 Å². The van der Waals surface area contributed by atoms with E-state index < -0.39 is 0 Å². The Morgan fingerprint density at radius 3 is 2.15 bits per heavy atom. The number of nitrogens with zero attached hydrogens (tertiary/aromatic N) is 3. The van der Waals surface area contributed by atoms with Crippen molar-refractivity contribution >= 4 is 40.3 Å². The smallest absolute Gasteiger partial charge is 0.136 e. The van der Waals surface area contributed by atoms with Crippen LogP contribution in [0.4, 0.5) is 28.7 Å². The molecule has 0 unspecified atom stereocenters. The normalized spacial score (nSPS) is 10.5. The molecular weight excluding hydrogens is 346 g/mol. The van der Waals surface area contributed by atoms with Crippen molar-refractivity contribution in [1.29, 1.82) is 0 Å². The molecule has 6 heteroatoms. The molecule has 0 atom stereocenters. The summed E-state index contributed by atoms with van der Waals surface area (Å²) < 4.78 is 0. The van der Waals surface area contributed by atoms with E-state index in [4.69, 9.17) is 11.6 Å². The summed E-state index contributed by atoms with van der Waals surface area (Å²) in [6.07, 6.45) is 0. The van der Waals surface area contributed by atoms with Crippen LogP contribution in [0.1, 0.15) is 11.4 Å². The van der Waals surface area contributed by atoms with Gasteiger partial charge in [-0.05, 0) is 55.8 Å². The lowest BCUT2D eigenvalue weighted by molar-refractivity contribution is 1.06. The number of halogens is 1. The van der Waals surface area contributed by atoms with E-state index in [-0.39, 0.29) is 0 Å². The van der Waals surface area contributed by atoms with Crippen LogP contribution < -0.4 is 15.5 Å². The Morgan fingerprint density at radius 1 is 0.846 bits per heavy atom. The van der Waals surface area contributed by atoms with Crippen LogP contribution in [0.3, 0.4) is 0 Å². The molecule has 0 saturated heterocycles. The lowest BCUT2D eigenvalue weighted by Crippen LogP contribution is -2.08. The van der Waals surface area contributed by atoms with Gasteiger partial charge in [0.1, 0.15) is 17.5 Å². The van der Waals surface area contributed by atoms with Gasteiger partial charge in [0.25, 0.3) is 0 Å². The van der Waals surface area contributed by atoms with Gasteiger partial charge in [0.2, 0.25) is 0 Å².